The Morgan fingerprint density at radius 2 is 1.83 bits per heavy atom. The van der Waals surface area contributed by atoms with Crippen LogP contribution in [-0.2, 0) is 9.53 Å². The summed E-state index contributed by atoms with van der Waals surface area (Å²) in [5.74, 6) is 0. The van der Waals surface area contributed by atoms with Crippen LogP contribution in [0.3, 0.4) is 0 Å². The Bertz CT molecular complexity index is 38.1. The van der Waals surface area contributed by atoms with Gasteiger partial charge in [0.05, 0.1) is 7.11 Å². The van der Waals surface area contributed by atoms with Gasteiger partial charge in [0.25, 0.3) is 6.47 Å². The number of hydrogen-bond donors (Lipinski definition) is 0. The summed E-state index contributed by atoms with van der Waals surface area (Å²) >= 11 is 0. The third kappa shape index (κ3) is 13900. The fourth-order valence-electron chi connectivity index (χ4n) is 0. The van der Waals surface area contributed by atoms with Gasteiger partial charge in [-0.15, -0.1) is 12.8 Å². The van der Waals surface area contributed by atoms with Crippen molar-refractivity contribution in [3.05, 3.63) is 0 Å². The minimum absolute atomic E-state index is 0.375. The van der Waals surface area contributed by atoms with Gasteiger partial charge in [-0.2, -0.15) is 0 Å². The molecule has 0 aromatic heterocycles. The first-order valence-electron chi connectivity index (χ1n) is 1.21. The average Bonchev–Trinajstić information content (AvgIpc) is 1.72. The van der Waals surface area contributed by atoms with Crippen LogP contribution < -0.4 is 0 Å². The van der Waals surface area contributed by atoms with E-state index in [9.17, 15) is 0 Å². The Kier molecular flexibility index (Phi) is 51.7. The molecule has 0 amide bonds. The normalized spacial score (nSPS) is 3.83. The van der Waals surface area contributed by atoms with Gasteiger partial charge in [-0.1, -0.05) is 0 Å². The van der Waals surface area contributed by atoms with Crippen molar-refractivity contribution in [2.24, 2.45) is 0 Å². The maximum Gasteiger partial charge on any atom is 0.292 e. The zero-order valence-corrected chi connectivity index (χ0v) is 3.55. The lowest BCUT2D eigenvalue weighted by Crippen LogP contribution is -1.68. The molecule has 0 aliphatic carbocycles. The van der Waals surface area contributed by atoms with Gasteiger partial charge in [-0.3, -0.25) is 4.79 Å². The van der Waals surface area contributed by atoms with Crippen molar-refractivity contribution in [1.29, 1.82) is 0 Å². The number of rotatable bonds is 1. The van der Waals surface area contributed by atoms with Gasteiger partial charge >= 0.3 is 0 Å². The molecule has 0 aliphatic heterocycles. The van der Waals surface area contributed by atoms with Gasteiger partial charge in [0.1, 0.15) is 0 Å². The molecule has 2 nitrogen and oxygen atoms in total. The first-order chi connectivity index (χ1) is 2.91. The molecular weight excluding hydrogens is 80.0 g/mol. The number of carbonyl (C=O) groups is 1. The van der Waals surface area contributed by atoms with E-state index in [1.807, 2.05) is 0 Å². The van der Waals surface area contributed by atoms with E-state index in [1.54, 1.807) is 0 Å². The van der Waals surface area contributed by atoms with Crippen LogP contribution in [0.15, 0.2) is 0 Å². The molecule has 34 valence electrons. The fraction of sp³-hybridized carbons (Fsp3) is 0.250. The minimum Gasteiger partial charge on any atom is -0.471 e. The second-order valence-corrected chi connectivity index (χ2v) is 0.332. The van der Waals surface area contributed by atoms with Crippen molar-refractivity contribution in [3.8, 4) is 12.8 Å². The molecule has 0 aromatic rings. The molecule has 0 saturated carbocycles. The molecule has 0 atom stereocenters. The summed E-state index contributed by atoms with van der Waals surface area (Å²) in [6.07, 6.45) is 8.00. The molecule has 0 fully saturated rings. The highest BCUT2D eigenvalue weighted by molar-refractivity contribution is 5.36. The Morgan fingerprint density at radius 3 is 1.83 bits per heavy atom. The topological polar surface area (TPSA) is 26.3 Å². The van der Waals surface area contributed by atoms with Crippen LogP contribution in [0.5, 0.6) is 0 Å². The van der Waals surface area contributed by atoms with Crippen LogP contribution in [0, 0.1) is 12.8 Å². The summed E-state index contributed by atoms with van der Waals surface area (Å²) < 4.78 is 3.86. The molecule has 0 radical (unpaired) electrons. The van der Waals surface area contributed by atoms with E-state index >= 15 is 0 Å². The quantitative estimate of drug-likeness (QED) is 0.332. The van der Waals surface area contributed by atoms with Gasteiger partial charge in [-0.25, -0.2) is 0 Å². The fourth-order valence-corrected chi connectivity index (χ4v) is 0. The standard InChI is InChI=1S/C2H4O2.C2H2/c1-4-2-3;1-2/h2H,1H3;1-2H. The third-order valence-corrected chi connectivity index (χ3v) is 0.0962. The molecule has 0 aliphatic rings. The van der Waals surface area contributed by atoms with Crippen molar-refractivity contribution in [2.45, 2.75) is 0 Å². The second-order valence-electron chi connectivity index (χ2n) is 0.332. The Morgan fingerprint density at radius 1 is 1.67 bits per heavy atom. The Balaban J connectivity index is 0. The number of ether oxygens (including phenoxy) is 1. The van der Waals surface area contributed by atoms with Crippen molar-refractivity contribution < 1.29 is 9.53 Å². The summed E-state index contributed by atoms with van der Waals surface area (Å²) in [5.41, 5.74) is 0. The summed E-state index contributed by atoms with van der Waals surface area (Å²) in [6.45, 7) is 0.375. The highest BCUT2D eigenvalue weighted by atomic mass is 16.5. The highest BCUT2D eigenvalue weighted by Gasteiger charge is 1.44. The van der Waals surface area contributed by atoms with Gasteiger partial charge in [0.15, 0.2) is 0 Å². The van der Waals surface area contributed by atoms with E-state index in [-0.39, 0.29) is 0 Å². The van der Waals surface area contributed by atoms with Crippen molar-refractivity contribution in [2.75, 3.05) is 7.11 Å². The van der Waals surface area contributed by atoms with Crippen LogP contribution in [0.4, 0.5) is 0 Å². The number of hydrogen-bond acceptors (Lipinski definition) is 2. The zero-order chi connectivity index (χ0) is 5.41. The monoisotopic (exact) mass is 86.0 g/mol. The van der Waals surface area contributed by atoms with Crippen molar-refractivity contribution in [3.63, 3.8) is 0 Å². The lowest BCUT2D eigenvalue weighted by atomic mass is 11.4. The van der Waals surface area contributed by atoms with E-state index in [1.165, 1.54) is 7.11 Å². The molecule has 0 heterocycles. The molecule has 0 unspecified atom stereocenters. The molecule has 6 heavy (non-hydrogen) atoms. The molecule has 0 spiro atoms. The molecule has 2 heteroatoms. The maximum atomic E-state index is 8.95. The van der Waals surface area contributed by atoms with E-state index in [0.717, 1.165) is 0 Å². The van der Waals surface area contributed by atoms with E-state index < -0.39 is 0 Å². The van der Waals surface area contributed by atoms with E-state index in [0.29, 0.717) is 6.47 Å². The first kappa shape index (κ1) is 8.90. The third-order valence-electron chi connectivity index (χ3n) is 0.0962. The lowest BCUT2D eigenvalue weighted by Gasteiger charge is -1.67. The largest absolute Gasteiger partial charge is 0.471 e. The average molecular weight is 86.1 g/mol. The number of carbonyl (C=O) groups excluding carboxylic acids is 1. The molecule has 0 aromatic carbocycles. The van der Waals surface area contributed by atoms with Gasteiger partial charge < -0.3 is 4.74 Å². The predicted molar refractivity (Wildman–Crippen MR) is 23.0 cm³/mol. The Labute approximate surface area is 37.1 Å². The smallest absolute Gasteiger partial charge is 0.292 e. The van der Waals surface area contributed by atoms with Crippen LogP contribution in [0.25, 0.3) is 0 Å². The van der Waals surface area contributed by atoms with E-state index in [2.05, 4.69) is 17.6 Å². The van der Waals surface area contributed by atoms with Crippen LogP contribution in [-0.4, -0.2) is 13.6 Å². The second kappa shape index (κ2) is 34.9. The molecule has 0 rings (SSSR count). The zero-order valence-electron chi connectivity index (χ0n) is 3.55. The van der Waals surface area contributed by atoms with Crippen LogP contribution in [0.1, 0.15) is 0 Å². The summed E-state index contributed by atoms with van der Waals surface area (Å²) in [6, 6.07) is 0. The predicted octanol–water partition coefficient (Wildman–Crippen LogP) is 0.0386. The van der Waals surface area contributed by atoms with Gasteiger partial charge in [0.2, 0.25) is 0 Å². The minimum atomic E-state index is 0.375. The number of methoxy groups -OCH3 is 1. The van der Waals surface area contributed by atoms with Crippen LogP contribution in [0.2, 0.25) is 0 Å². The molecule has 0 saturated heterocycles. The van der Waals surface area contributed by atoms with Gasteiger partial charge in [0, 0.05) is 0 Å². The molecule has 0 N–H and O–H groups in total. The maximum absolute atomic E-state index is 8.95. The molecular formula is C4H6O2. The Hall–Kier alpha value is -0.970. The van der Waals surface area contributed by atoms with E-state index in [4.69, 9.17) is 4.79 Å². The SMILES string of the molecule is C#C.COC=O. The highest BCUT2D eigenvalue weighted by Crippen LogP contribution is 1.35. The van der Waals surface area contributed by atoms with Crippen molar-refractivity contribution >= 4 is 6.47 Å². The van der Waals surface area contributed by atoms with Crippen LogP contribution >= 0.6 is 0 Å². The lowest BCUT2D eigenvalue weighted by molar-refractivity contribution is -0.126. The van der Waals surface area contributed by atoms with Crippen molar-refractivity contribution in [1.82, 2.24) is 0 Å². The molecule has 0 bridgehead atoms. The summed E-state index contributed by atoms with van der Waals surface area (Å²) in [7, 11) is 1.31. The number of terminal acetylenes is 1. The summed E-state index contributed by atoms with van der Waals surface area (Å²) in [4.78, 5) is 8.95. The van der Waals surface area contributed by atoms with Gasteiger partial charge in [-0.05, 0) is 0 Å². The summed E-state index contributed by atoms with van der Waals surface area (Å²) in [5, 5.41) is 0. The first-order valence-corrected chi connectivity index (χ1v) is 1.21.